The molecule has 2 aliphatic heterocycles. The van der Waals surface area contributed by atoms with Crippen LogP contribution in [-0.2, 0) is 4.74 Å². The van der Waals surface area contributed by atoms with Gasteiger partial charge in [0.2, 0.25) is 0 Å². The van der Waals surface area contributed by atoms with E-state index in [2.05, 4.69) is 24.5 Å². The molecule has 2 rings (SSSR count). The van der Waals surface area contributed by atoms with Crippen molar-refractivity contribution in [1.29, 1.82) is 0 Å². The van der Waals surface area contributed by atoms with Gasteiger partial charge in [0.05, 0.1) is 6.61 Å². The van der Waals surface area contributed by atoms with Crippen molar-refractivity contribution in [3.05, 3.63) is 0 Å². The number of hydrogen-bond donors (Lipinski definition) is 2. The molecule has 0 aromatic rings. The zero-order valence-corrected chi connectivity index (χ0v) is 10.0. The molecule has 0 saturated carbocycles. The molecule has 3 nitrogen and oxygen atoms in total. The molecule has 2 heterocycles. The maximum Gasteiger partial charge on any atom is 0.0645 e. The molecular weight excluding hydrogens is 188 g/mol. The predicted molar refractivity (Wildman–Crippen MR) is 62.0 cm³/mol. The lowest BCUT2D eigenvalue weighted by atomic mass is 9.87. The van der Waals surface area contributed by atoms with Crippen LogP contribution in [0.1, 0.15) is 26.7 Å². The van der Waals surface area contributed by atoms with E-state index in [1.54, 1.807) is 0 Å². The van der Waals surface area contributed by atoms with Crippen LogP contribution in [-0.4, -0.2) is 38.4 Å². The summed E-state index contributed by atoms with van der Waals surface area (Å²) in [5.41, 5.74) is 0.226. The molecule has 2 aliphatic rings. The molecule has 0 amide bonds. The Morgan fingerprint density at radius 3 is 2.87 bits per heavy atom. The molecule has 2 fully saturated rings. The van der Waals surface area contributed by atoms with Gasteiger partial charge in [-0.1, -0.05) is 6.92 Å². The van der Waals surface area contributed by atoms with Crippen molar-refractivity contribution < 1.29 is 4.74 Å². The van der Waals surface area contributed by atoms with E-state index in [1.165, 1.54) is 25.9 Å². The fourth-order valence-electron chi connectivity index (χ4n) is 2.36. The third kappa shape index (κ3) is 2.92. The Labute approximate surface area is 93.0 Å². The van der Waals surface area contributed by atoms with Crippen LogP contribution in [0.4, 0.5) is 0 Å². The van der Waals surface area contributed by atoms with Gasteiger partial charge in [-0.25, -0.2) is 0 Å². The van der Waals surface area contributed by atoms with Gasteiger partial charge in [-0.15, -0.1) is 0 Å². The Morgan fingerprint density at radius 2 is 2.33 bits per heavy atom. The quantitative estimate of drug-likeness (QED) is 0.729. The van der Waals surface area contributed by atoms with Gasteiger partial charge in [0, 0.05) is 12.1 Å². The second-order valence-electron chi connectivity index (χ2n) is 5.49. The maximum atomic E-state index is 5.54. The summed E-state index contributed by atoms with van der Waals surface area (Å²) in [4.78, 5) is 0. The summed E-state index contributed by atoms with van der Waals surface area (Å²) >= 11 is 0. The van der Waals surface area contributed by atoms with Crippen LogP contribution in [0.2, 0.25) is 0 Å². The van der Waals surface area contributed by atoms with Crippen molar-refractivity contribution in [2.24, 2.45) is 11.8 Å². The summed E-state index contributed by atoms with van der Waals surface area (Å²) in [6.07, 6.45) is 2.45. The minimum Gasteiger partial charge on any atom is -0.380 e. The molecule has 0 bridgehead atoms. The van der Waals surface area contributed by atoms with E-state index >= 15 is 0 Å². The Kier molecular flexibility index (Phi) is 3.65. The minimum absolute atomic E-state index is 0.226. The lowest BCUT2D eigenvalue weighted by molar-refractivity contribution is 0.0253. The van der Waals surface area contributed by atoms with Gasteiger partial charge in [0.25, 0.3) is 0 Å². The van der Waals surface area contributed by atoms with Crippen LogP contribution < -0.4 is 10.6 Å². The highest BCUT2D eigenvalue weighted by Crippen LogP contribution is 2.20. The summed E-state index contributed by atoms with van der Waals surface area (Å²) in [6.45, 7) is 10.0. The molecular formula is C12H24N2O. The average molecular weight is 212 g/mol. The fraction of sp³-hybridized carbons (Fsp3) is 1.00. The zero-order valence-electron chi connectivity index (χ0n) is 10.0. The van der Waals surface area contributed by atoms with Crippen LogP contribution in [0.15, 0.2) is 0 Å². The van der Waals surface area contributed by atoms with E-state index in [-0.39, 0.29) is 5.54 Å². The predicted octanol–water partition coefficient (Wildman–Crippen LogP) is 1.00. The fourth-order valence-corrected chi connectivity index (χ4v) is 2.36. The molecule has 2 N–H and O–H groups in total. The van der Waals surface area contributed by atoms with Gasteiger partial charge in [-0.2, -0.15) is 0 Å². The topological polar surface area (TPSA) is 33.3 Å². The number of rotatable bonds is 4. The van der Waals surface area contributed by atoms with E-state index in [4.69, 9.17) is 4.74 Å². The monoisotopic (exact) mass is 212 g/mol. The minimum atomic E-state index is 0.226. The van der Waals surface area contributed by atoms with Crippen LogP contribution in [0.3, 0.4) is 0 Å². The zero-order chi connectivity index (χ0) is 10.7. The molecule has 3 heteroatoms. The molecule has 2 saturated heterocycles. The maximum absolute atomic E-state index is 5.54. The van der Waals surface area contributed by atoms with E-state index in [0.29, 0.717) is 0 Å². The summed E-state index contributed by atoms with van der Waals surface area (Å²) < 4.78 is 5.54. The first-order valence-electron chi connectivity index (χ1n) is 6.23. The first-order chi connectivity index (χ1) is 7.20. The molecule has 0 aromatic carbocycles. The van der Waals surface area contributed by atoms with Gasteiger partial charge in [-0.05, 0) is 51.2 Å². The van der Waals surface area contributed by atoms with Gasteiger partial charge < -0.3 is 15.4 Å². The average Bonchev–Trinajstić information content (AvgIpc) is 2.14. The van der Waals surface area contributed by atoms with E-state index in [0.717, 1.165) is 31.6 Å². The lowest BCUT2D eigenvalue weighted by Gasteiger charge is -2.38. The molecule has 88 valence electrons. The van der Waals surface area contributed by atoms with Gasteiger partial charge in [0.1, 0.15) is 0 Å². The van der Waals surface area contributed by atoms with Crippen LogP contribution in [0.25, 0.3) is 0 Å². The van der Waals surface area contributed by atoms with Gasteiger partial charge in [0.15, 0.2) is 0 Å². The van der Waals surface area contributed by atoms with Crippen LogP contribution >= 0.6 is 0 Å². The van der Waals surface area contributed by atoms with Crippen molar-refractivity contribution >= 4 is 0 Å². The molecule has 0 radical (unpaired) electrons. The molecule has 2 atom stereocenters. The number of ether oxygens (including phenoxy) is 1. The van der Waals surface area contributed by atoms with Crippen molar-refractivity contribution in [3.63, 3.8) is 0 Å². The van der Waals surface area contributed by atoms with Gasteiger partial charge in [-0.3, -0.25) is 0 Å². The normalized spacial score (nSPS) is 34.8. The highest BCUT2D eigenvalue weighted by molar-refractivity contribution is 4.88. The molecule has 0 aliphatic carbocycles. The van der Waals surface area contributed by atoms with Crippen molar-refractivity contribution in [3.8, 4) is 0 Å². The first kappa shape index (κ1) is 11.4. The summed E-state index contributed by atoms with van der Waals surface area (Å²) in [5.74, 6) is 1.66. The highest BCUT2D eigenvalue weighted by atomic mass is 16.5. The molecule has 2 unspecified atom stereocenters. The summed E-state index contributed by atoms with van der Waals surface area (Å²) in [7, 11) is 0. The van der Waals surface area contributed by atoms with Crippen molar-refractivity contribution in [1.82, 2.24) is 10.6 Å². The SMILES string of the molecule is CC(CNC1(C)CCCOC1)C1CNC1. The van der Waals surface area contributed by atoms with E-state index in [9.17, 15) is 0 Å². The standard InChI is InChI=1S/C12H24N2O/c1-10(11-7-13-8-11)6-14-12(2)4-3-5-15-9-12/h10-11,13-14H,3-9H2,1-2H3. The summed E-state index contributed by atoms with van der Waals surface area (Å²) in [5, 5.41) is 7.03. The van der Waals surface area contributed by atoms with Crippen LogP contribution in [0.5, 0.6) is 0 Å². The number of nitrogens with one attached hydrogen (secondary N) is 2. The van der Waals surface area contributed by atoms with Crippen molar-refractivity contribution in [2.75, 3.05) is 32.8 Å². The number of hydrogen-bond acceptors (Lipinski definition) is 3. The third-order valence-electron chi connectivity index (χ3n) is 3.91. The second kappa shape index (κ2) is 4.81. The van der Waals surface area contributed by atoms with E-state index in [1.807, 2.05) is 0 Å². The summed E-state index contributed by atoms with van der Waals surface area (Å²) in [6, 6.07) is 0. The second-order valence-corrected chi connectivity index (χ2v) is 5.49. The Hall–Kier alpha value is -0.120. The highest BCUT2D eigenvalue weighted by Gasteiger charge is 2.29. The molecule has 0 spiro atoms. The largest absolute Gasteiger partial charge is 0.380 e. The Balaban J connectivity index is 1.70. The lowest BCUT2D eigenvalue weighted by Crippen LogP contribution is -2.53. The third-order valence-corrected chi connectivity index (χ3v) is 3.91. The first-order valence-corrected chi connectivity index (χ1v) is 6.23. The molecule has 15 heavy (non-hydrogen) atoms. The Bertz CT molecular complexity index is 198. The molecule has 0 aromatic heterocycles. The smallest absolute Gasteiger partial charge is 0.0645 e. The van der Waals surface area contributed by atoms with Gasteiger partial charge >= 0.3 is 0 Å². The van der Waals surface area contributed by atoms with Crippen molar-refractivity contribution in [2.45, 2.75) is 32.2 Å². The van der Waals surface area contributed by atoms with E-state index < -0.39 is 0 Å². The Morgan fingerprint density at radius 1 is 1.53 bits per heavy atom. The van der Waals surface area contributed by atoms with Crippen LogP contribution in [0, 0.1) is 11.8 Å².